The molecule has 0 spiro atoms. The molecule has 1 unspecified atom stereocenters. The van der Waals surface area contributed by atoms with Gasteiger partial charge >= 0.3 is 7.12 Å². The molecular weight excluding hydrogens is 421 g/mol. The number of hydrogen-bond acceptors (Lipinski definition) is 3. The molecule has 1 aliphatic heterocycles. The number of rotatable bonds is 7. The molecule has 2 aliphatic carbocycles. The predicted molar refractivity (Wildman–Crippen MR) is 140 cm³/mol. The van der Waals surface area contributed by atoms with E-state index < -0.39 is 12.8 Å². The van der Waals surface area contributed by atoms with E-state index in [4.69, 9.17) is 13.8 Å². The second kappa shape index (κ2) is 8.71. The van der Waals surface area contributed by atoms with Crippen LogP contribution in [0.15, 0.2) is 65.7 Å². The fourth-order valence-corrected chi connectivity index (χ4v) is 5.27. The summed E-state index contributed by atoms with van der Waals surface area (Å²) in [6.45, 7) is 12.3. The van der Waals surface area contributed by atoms with E-state index in [2.05, 4.69) is 57.4 Å². The lowest BCUT2D eigenvalue weighted by molar-refractivity contribution is -1.09. The molecule has 4 nitrogen and oxygen atoms in total. The van der Waals surface area contributed by atoms with Gasteiger partial charge in [0.25, 0.3) is 0 Å². The Morgan fingerprint density at radius 3 is 2.53 bits per heavy atom. The highest BCUT2D eigenvalue weighted by atomic mass is 16.8. The molecule has 1 aromatic heterocycles. The normalized spacial score (nSPS) is 22.8. The van der Waals surface area contributed by atoms with Crippen molar-refractivity contribution in [1.82, 2.24) is 0 Å². The molecule has 1 saturated heterocycles. The van der Waals surface area contributed by atoms with Crippen LogP contribution in [-0.4, -0.2) is 31.6 Å². The Hall–Kier alpha value is -2.34. The molecule has 1 aromatic carbocycles. The van der Waals surface area contributed by atoms with Crippen molar-refractivity contribution >= 4 is 29.1 Å². The average Bonchev–Trinajstić information content (AvgIpc) is 3.24. The Labute approximate surface area is 204 Å². The predicted octanol–water partition coefficient (Wildman–Crippen LogP) is 6.65. The van der Waals surface area contributed by atoms with E-state index in [0.29, 0.717) is 4.65 Å². The molecule has 0 N–H and O–H groups in total. The molecule has 5 rings (SSSR count). The number of benzene rings is 1. The maximum atomic E-state index is 6.54. The van der Waals surface area contributed by atoms with Gasteiger partial charge in [0, 0.05) is 30.7 Å². The molecule has 34 heavy (non-hydrogen) atoms. The van der Waals surface area contributed by atoms with Gasteiger partial charge in [-0.3, -0.25) is 0 Å². The number of hydrogen-bond donors (Lipinski definition) is 0. The molecule has 178 valence electrons. The number of allylic oxidation sites excluding steroid dienone is 6. The summed E-state index contributed by atoms with van der Waals surface area (Å²) in [6.07, 6.45) is 15.7. The van der Waals surface area contributed by atoms with E-state index in [1.807, 2.05) is 26.2 Å². The van der Waals surface area contributed by atoms with Crippen LogP contribution in [0.5, 0.6) is 0 Å². The maximum absolute atomic E-state index is 6.54. The fraction of sp³-hybridized carbons (Fsp3) is 0.448. The smallest absolute Gasteiger partial charge is 0.456 e. The van der Waals surface area contributed by atoms with E-state index in [-0.39, 0.29) is 5.92 Å². The Morgan fingerprint density at radius 2 is 1.97 bits per heavy atom. The van der Waals surface area contributed by atoms with Gasteiger partial charge in [-0.05, 0) is 55.1 Å². The SMILES string of the molecule is C=CCC(C=C)c1c(C2=CC=C(C3CCC3)CC2)oc2ccc(B3OC(C)(C)[N+](C)(C)O3)cc12. The molecule has 3 aliphatic rings. The van der Waals surface area contributed by atoms with Crippen molar-refractivity contribution in [1.29, 1.82) is 0 Å². The van der Waals surface area contributed by atoms with E-state index in [0.717, 1.165) is 47.4 Å². The average molecular weight is 458 g/mol. The first kappa shape index (κ1) is 23.4. The Kier molecular flexibility index (Phi) is 6.00. The lowest BCUT2D eigenvalue weighted by Crippen LogP contribution is -2.50. The number of fused-ring (bicyclic) bond motifs is 1. The van der Waals surface area contributed by atoms with Crippen molar-refractivity contribution in [2.24, 2.45) is 5.92 Å². The minimum absolute atomic E-state index is 0.135. The lowest BCUT2D eigenvalue weighted by atomic mass is 9.75. The van der Waals surface area contributed by atoms with Crippen molar-refractivity contribution < 1.29 is 18.5 Å². The van der Waals surface area contributed by atoms with Crippen molar-refractivity contribution in [2.45, 2.75) is 64.0 Å². The molecular formula is C29H37BNO3+. The second-order valence-electron chi connectivity index (χ2n) is 10.9. The van der Waals surface area contributed by atoms with Crippen LogP contribution in [-0.2, 0) is 9.41 Å². The Morgan fingerprint density at radius 1 is 1.18 bits per heavy atom. The number of quaternary nitrogens is 1. The largest absolute Gasteiger partial charge is 0.563 e. The second-order valence-corrected chi connectivity index (χ2v) is 10.9. The summed E-state index contributed by atoms with van der Waals surface area (Å²) in [7, 11) is 3.63. The van der Waals surface area contributed by atoms with Crippen LogP contribution in [0.4, 0.5) is 0 Å². The van der Waals surface area contributed by atoms with Gasteiger partial charge in [-0.15, -0.1) is 13.2 Å². The highest BCUT2D eigenvalue weighted by Crippen LogP contribution is 2.43. The van der Waals surface area contributed by atoms with E-state index in [1.54, 1.807) is 5.57 Å². The summed E-state index contributed by atoms with van der Waals surface area (Å²) in [5, 5.41) is 1.11. The molecule has 2 fully saturated rings. The summed E-state index contributed by atoms with van der Waals surface area (Å²) >= 11 is 0. The van der Waals surface area contributed by atoms with Gasteiger partial charge in [0.2, 0.25) is 5.72 Å². The van der Waals surface area contributed by atoms with Crippen molar-refractivity contribution in [2.75, 3.05) is 14.1 Å². The first-order valence-corrected chi connectivity index (χ1v) is 12.6. The highest BCUT2D eigenvalue weighted by molar-refractivity contribution is 6.61. The third kappa shape index (κ3) is 3.94. The van der Waals surface area contributed by atoms with Gasteiger partial charge in [-0.25, -0.2) is 4.76 Å². The summed E-state index contributed by atoms with van der Waals surface area (Å²) in [4.78, 5) is 0. The summed E-state index contributed by atoms with van der Waals surface area (Å²) < 4.78 is 19.5. The third-order valence-corrected chi connectivity index (χ3v) is 8.25. The van der Waals surface area contributed by atoms with E-state index >= 15 is 0 Å². The minimum atomic E-state index is -0.437. The van der Waals surface area contributed by atoms with Gasteiger partial charge in [0.15, 0.2) is 0 Å². The zero-order valence-corrected chi connectivity index (χ0v) is 21.1. The topological polar surface area (TPSA) is 31.6 Å². The van der Waals surface area contributed by atoms with Crippen LogP contribution < -0.4 is 5.46 Å². The van der Waals surface area contributed by atoms with Crippen molar-refractivity contribution in [3.05, 3.63) is 72.6 Å². The van der Waals surface area contributed by atoms with E-state index in [9.17, 15) is 0 Å². The van der Waals surface area contributed by atoms with Crippen LogP contribution in [0.25, 0.3) is 16.5 Å². The molecule has 0 bridgehead atoms. The van der Waals surface area contributed by atoms with Crippen LogP contribution in [0.1, 0.15) is 69.6 Å². The minimum Gasteiger partial charge on any atom is -0.456 e. The summed E-state index contributed by atoms with van der Waals surface area (Å²) in [6, 6.07) is 6.30. The number of furan rings is 1. The summed E-state index contributed by atoms with van der Waals surface area (Å²) in [5.41, 5.74) is 5.55. The van der Waals surface area contributed by atoms with Crippen molar-refractivity contribution in [3.63, 3.8) is 0 Å². The van der Waals surface area contributed by atoms with Crippen molar-refractivity contribution in [3.8, 4) is 0 Å². The molecule has 5 heteroatoms. The lowest BCUT2D eigenvalue weighted by Gasteiger charge is -2.32. The van der Waals surface area contributed by atoms with Crippen LogP contribution in [0, 0.1) is 5.92 Å². The molecule has 0 amide bonds. The van der Waals surface area contributed by atoms with Crippen LogP contribution >= 0.6 is 0 Å². The number of hydroxylamine groups is 3. The zero-order valence-electron chi connectivity index (χ0n) is 21.1. The first-order valence-electron chi connectivity index (χ1n) is 12.6. The van der Waals surface area contributed by atoms with Gasteiger partial charge in [0.1, 0.15) is 11.3 Å². The van der Waals surface area contributed by atoms with E-state index in [1.165, 1.54) is 30.4 Å². The molecule has 1 saturated carbocycles. The molecule has 1 atom stereocenters. The van der Waals surface area contributed by atoms with Gasteiger partial charge in [-0.1, -0.05) is 48.4 Å². The summed E-state index contributed by atoms with van der Waals surface area (Å²) in [5.74, 6) is 1.93. The van der Waals surface area contributed by atoms with Gasteiger partial charge < -0.3 is 9.07 Å². The zero-order chi connectivity index (χ0) is 24.1. The third-order valence-electron chi connectivity index (χ3n) is 8.25. The molecule has 2 heterocycles. The number of nitrogens with zero attached hydrogens (tertiary/aromatic N) is 1. The Balaban J connectivity index is 1.58. The Bertz CT molecular complexity index is 1170. The molecule has 2 aromatic rings. The fourth-order valence-electron chi connectivity index (χ4n) is 5.27. The molecule has 0 radical (unpaired) electrons. The van der Waals surface area contributed by atoms with Crippen LogP contribution in [0.2, 0.25) is 0 Å². The van der Waals surface area contributed by atoms with Gasteiger partial charge in [-0.2, -0.15) is 4.65 Å². The monoisotopic (exact) mass is 458 g/mol. The standard InChI is InChI=1S/C29H37BNO3/c1-7-10-20(8-2)27-25-19-24(30-33-29(3,4)31(5,6)34-30)17-18-26(25)32-28(27)23-15-13-22(14-16-23)21-11-9-12-21/h7-8,13,15,17-21H,1-2,9-12,14,16H2,3-6H3/q+1. The highest BCUT2D eigenvalue weighted by Gasteiger charge is 2.54. The van der Waals surface area contributed by atoms with Crippen LogP contribution in [0.3, 0.4) is 0 Å². The quantitative estimate of drug-likeness (QED) is 0.264. The first-order chi connectivity index (χ1) is 16.2. The maximum Gasteiger partial charge on any atom is 0.563 e. The van der Waals surface area contributed by atoms with Gasteiger partial charge in [0.05, 0.1) is 14.1 Å².